The molecule has 0 unspecified atom stereocenters. The van der Waals surface area contributed by atoms with Crippen molar-refractivity contribution in [2.45, 2.75) is 39.7 Å². The van der Waals surface area contributed by atoms with E-state index in [1.54, 1.807) is 22.9 Å². The molecule has 0 atom stereocenters. The Balaban J connectivity index is 2.45. The number of nitrogens with two attached hydrogens (primary N) is 1. The molecule has 2 N–H and O–H groups in total. The van der Waals surface area contributed by atoms with Crippen molar-refractivity contribution in [3.63, 3.8) is 0 Å². The second kappa shape index (κ2) is 5.53. The quantitative estimate of drug-likeness (QED) is 0.792. The van der Waals surface area contributed by atoms with Crippen LogP contribution >= 0.6 is 0 Å². The normalized spacial score (nSPS) is 11.1. The van der Waals surface area contributed by atoms with E-state index in [9.17, 15) is 4.79 Å². The van der Waals surface area contributed by atoms with Crippen LogP contribution in [0.25, 0.3) is 0 Å². The summed E-state index contributed by atoms with van der Waals surface area (Å²) in [6.45, 7) is 4.52. The zero-order valence-electron chi connectivity index (χ0n) is 10.4. The average molecular weight is 233 g/mol. The molecule has 92 valence electrons. The third-order valence-corrected chi connectivity index (χ3v) is 2.80. The Morgan fingerprint density at radius 3 is 2.82 bits per heavy atom. The van der Waals surface area contributed by atoms with Crippen molar-refractivity contribution < 1.29 is 0 Å². The minimum atomic E-state index is -0.277. The van der Waals surface area contributed by atoms with E-state index in [4.69, 9.17) is 11.0 Å². The number of nitrogen functional groups attached to an aromatic ring is 1. The first-order valence-electron chi connectivity index (χ1n) is 5.82. The van der Waals surface area contributed by atoms with Gasteiger partial charge in [-0.05, 0) is 38.8 Å². The molecule has 4 nitrogen and oxygen atoms in total. The van der Waals surface area contributed by atoms with Crippen LogP contribution in [0.1, 0.15) is 33.1 Å². The van der Waals surface area contributed by atoms with Gasteiger partial charge >= 0.3 is 0 Å². The molecule has 0 radical (unpaired) electrons. The van der Waals surface area contributed by atoms with Crippen LogP contribution in [0.15, 0.2) is 23.1 Å². The zero-order valence-corrected chi connectivity index (χ0v) is 10.4. The van der Waals surface area contributed by atoms with Crippen LogP contribution in [-0.4, -0.2) is 4.57 Å². The van der Waals surface area contributed by atoms with Gasteiger partial charge in [0.25, 0.3) is 5.56 Å². The van der Waals surface area contributed by atoms with E-state index in [1.807, 2.05) is 13.8 Å². The minimum absolute atomic E-state index is 0.132. The van der Waals surface area contributed by atoms with Gasteiger partial charge in [0, 0.05) is 12.7 Å². The summed E-state index contributed by atoms with van der Waals surface area (Å²) in [6, 6.07) is 5.65. The fraction of sp³-hybridized carbons (Fsp3) is 0.538. The van der Waals surface area contributed by atoms with Crippen LogP contribution in [0.2, 0.25) is 0 Å². The predicted molar refractivity (Wildman–Crippen MR) is 68.4 cm³/mol. The molecule has 1 rings (SSSR count). The van der Waals surface area contributed by atoms with Gasteiger partial charge in [-0.15, -0.1) is 0 Å². The summed E-state index contributed by atoms with van der Waals surface area (Å²) in [5, 5.41) is 8.87. The fourth-order valence-corrected chi connectivity index (χ4v) is 1.64. The average Bonchev–Trinajstić information content (AvgIpc) is 2.30. The van der Waals surface area contributed by atoms with Gasteiger partial charge in [-0.25, -0.2) is 0 Å². The molecular formula is C13H19N3O. The van der Waals surface area contributed by atoms with E-state index < -0.39 is 0 Å². The first kappa shape index (κ1) is 13.3. The third kappa shape index (κ3) is 3.95. The Bertz CT molecular complexity index is 468. The maximum Gasteiger partial charge on any atom is 0.273 e. The molecule has 0 bridgehead atoms. The monoisotopic (exact) mass is 233 g/mol. The molecule has 0 fully saturated rings. The molecular weight excluding hydrogens is 214 g/mol. The van der Waals surface area contributed by atoms with E-state index in [-0.39, 0.29) is 16.7 Å². The molecule has 0 aromatic carbocycles. The number of hydrogen-bond donors (Lipinski definition) is 1. The summed E-state index contributed by atoms with van der Waals surface area (Å²) >= 11 is 0. The van der Waals surface area contributed by atoms with E-state index >= 15 is 0 Å². The Morgan fingerprint density at radius 1 is 1.47 bits per heavy atom. The molecule has 4 heteroatoms. The van der Waals surface area contributed by atoms with Crippen molar-refractivity contribution >= 4 is 5.69 Å². The smallest absolute Gasteiger partial charge is 0.273 e. The summed E-state index contributed by atoms with van der Waals surface area (Å²) in [4.78, 5) is 11.6. The van der Waals surface area contributed by atoms with Gasteiger partial charge in [0.15, 0.2) is 0 Å². The standard InChI is InChI=1S/C13H19N3O/c1-13(2,10-14)7-3-4-8-16-9-5-6-11(15)12(16)17/h5-6,9H,3-4,7-8,15H2,1-2H3. The SMILES string of the molecule is CC(C)(C#N)CCCCn1cccc(N)c1=O. The molecule has 1 heterocycles. The Hall–Kier alpha value is -1.76. The van der Waals surface area contributed by atoms with Crippen molar-refractivity contribution in [3.05, 3.63) is 28.7 Å². The Labute approximate surface area is 102 Å². The highest BCUT2D eigenvalue weighted by Gasteiger charge is 2.15. The molecule has 0 saturated carbocycles. The summed E-state index contributed by atoms with van der Waals surface area (Å²) in [5.41, 5.74) is 5.41. The summed E-state index contributed by atoms with van der Waals surface area (Å²) in [5.74, 6) is 0. The van der Waals surface area contributed by atoms with Gasteiger partial charge in [-0.3, -0.25) is 4.79 Å². The van der Waals surface area contributed by atoms with Crippen molar-refractivity contribution in [2.75, 3.05) is 5.73 Å². The maximum absolute atomic E-state index is 11.6. The molecule has 0 spiro atoms. The number of hydrogen-bond acceptors (Lipinski definition) is 3. The molecule has 0 aliphatic rings. The molecule has 1 aromatic rings. The Kier molecular flexibility index (Phi) is 4.33. The van der Waals surface area contributed by atoms with Gasteiger partial charge < -0.3 is 10.3 Å². The lowest BCUT2D eigenvalue weighted by Crippen LogP contribution is -2.22. The van der Waals surface area contributed by atoms with E-state index in [2.05, 4.69) is 6.07 Å². The number of rotatable bonds is 5. The molecule has 1 aromatic heterocycles. The van der Waals surface area contributed by atoms with Crippen molar-refractivity contribution in [3.8, 4) is 6.07 Å². The van der Waals surface area contributed by atoms with Crippen LogP contribution in [0.5, 0.6) is 0 Å². The molecule has 17 heavy (non-hydrogen) atoms. The number of nitrogens with zero attached hydrogens (tertiary/aromatic N) is 2. The summed E-state index contributed by atoms with van der Waals surface area (Å²) < 4.78 is 1.62. The van der Waals surface area contributed by atoms with Crippen molar-refractivity contribution in [1.82, 2.24) is 4.57 Å². The molecule has 0 aliphatic heterocycles. The Morgan fingerprint density at radius 2 is 2.18 bits per heavy atom. The summed E-state index contributed by atoms with van der Waals surface area (Å²) in [6.07, 6.45) is 4.41. The first-order chi connectivity index (χ1) is 7.96. The topological polar surface area (TPSA) is 71.8 Å². The third-order valence-electron chi connectivity index (χ3n) is 2.80. The molecule has 0 amide bonds. The highest BCUT2D eigenvalue weighted by Crippen LogP contribution is 2.21. The second-order valence-electron chi connectivity index (χ2n) is 4.91. The zero-order chi connectivity index (χ0) is 12.9. The van der Waals surface area contributed by atoms with Crippen molar-refractivity contribution in [1.29, 1.82) is 5.26 Å². The summed E-state index contributed by atoms with van der Waals surface area (Å²) in [7, 11) is 0. The number of aromatic nitrogens is 1. The van der Waals surface area contributed by atoms with E-state index in [1.165, 1.54) is 0 Å². The van der Waals surface area contributed by atoms with Crippen LogP contribution in [-0.2, 0) is 6.54 Å². The first-order valence-corrected chi connectivity index (χ1v) is 5.82. The maximum atomic E-state index is 11.6. The number of nitriles is 1. The largest absolute Gasteiger partial charge is 0.394 e. The van der Waals surface area contributed by atoms with Crippen LogP contribution in [0.3, 0.4) is 0 Å². The van der Waals surface area contributed by atoms with Gasteiger partial charge in [0.1, 0.15) is 0 Å². The number of pyridine rings is 1. The van der Waals surface area contributed by atoms with Crippen LogP contribution < -0.4 is 11.3 Å². The van der Waals surface area contributed by atoms with E-state index in [0.717, 1.165) is 19.3 Å². The van der Waals surface area contributed by atoms with Gasteiger partial charge in [-0.1, -0.05) is 6.42 Å². The van der Waals surface area contributed by atoms with Crippen LogP contribution in [0, 0.1) is 16.7 Å². The lowest BCUT2D eigenvalue weighted by Gasteiger charge is -2.14. The number of anilines is 1. The minimum Gasteiger partial charge on any atom is -0.394 e. The number of aryl methyl sites for hydroxylation is 1. The van der Waals surface area contributed by atoms with Gasteiger partial charge in [0.2, 0.25) is 0 Å². The van der Waals surface area contributed by atoms with Gasteiger partial charge in [-0.2, -0.15) is 5.26 Å². The highest BCUT2D eigenvalue weighted by molar-refractivity contribution is 5.33. The van der Waals surface area contributed by atoms with Gasteiger partial charge in [0.05, 0.1) is 17.2 Å². The predicted octanol–water partition coefficient (Wildman–Crippen LogP) is 2.15. The lowest BCUT2D eigenvalue weighted by molar-refractivity contribution is 0.415. The second-order valence-corrected chi connectivity index (χ2v) is 4.91. The number of unbranched alkanes of at least 4 members (excludes halogenated alkanes) is 1. The van der Waals surface area contributed by atoms with Crippen molar-refractivity contribution in [2.24, 2.45) is 5.41 Å². The molecule has 0 saturated heterocycles. The lowest BCUT2D eigenvalue weighted by atomic mass is 9.89. The van der Waals surface area contributed by atoms with Crippen LogP contribution in [0.4, 0.5) is 5.69 Å². The highest BCUT2D eigenvalue weighted by atomic mass is 16.1. The van der Waals surface area contributed by atoms with E-state index in [0.29, 0.717) is 6.54 Å². The fourth-order valence-electron chi connectivity index (χ4n) is 1.64. The molecule has 0 aliphatic carbocycles.